The van der Waals surface area contributed by atoms with Crippen LogP contribution < -0.4 is 4.74 Å². The van der Waals surface area contributed by atoms with E-state index < -0.39 is 0 Å². The first kappa shape index (κ1) is 16.7. The Bertz CT molecular complexity index is 1330. The van der Waals surface area contributed by atoms with Gasteiger partial charge in [-0.3, -0.25) is 0 Å². The lowest BCUT2D eigenvalue weighted by Crippen LogP contribution is -2.05. The fourth-order valence-electron chi connectivity index (χ4n) is 3.87. The van der Waals surface area contributed by atoms with E-state index in [-0.39, 0.29) is 6.10 Å². The van der Waals surface area contributed by atoms with Crippen molar-refractivity contribution < 1.29 is 4.74 Å². The molecule has 0 N–H and O–H groups in total. The zero-order chi connectivity index (χ0) is 19.1. The molecular weight excluding hydrogens is 340 g/mol. The van der Waals surface area contributed by atoms with Crippen molar-refractivity contribution in [2.24, 2.45) is 0 Å². The van der Waals surface area contributed by atoms with E-state index in [1.54, 1.807) is 0 Å². The average Bonchev–Trinajstić information content (AvgIpc) is 2.71. The van der Waals surface area contributed by atoms with E-state index in [0.717, 1.165) is 16.9 Å². The Labute approximate surface area is 164 Å². The topological polar surface area (TPSA) is 9.23 Å². The predicted molar refractivity (Wildman–Crippen MR) is 118 cm³/mol. The van der Waals surface area contributed by atoms with Gasteiger partial charge in [0, 0.05) is 11.1 Å². The number of ether oxygens (including phenoxy) is 1. The van der Waals surface area contributed by atoms with Gasteiger partial charge in [-0.25, -0.2) is 0 Å². The van der Waals surface area contributed by atoms with Crippen molar-refractivity contribution in [1.82, 2.24) is 0 Å². The standard InChI is InChI=1S/C27H20O/c1-18(2)28-24-15-7-19(8-16-24)6-9-20-10-11-23-13-12-21-4-3-5-22-14-17-25(20)27(23)26(21)22/h3-5,7-8,10-18H,1-2H3. The second kappa shape index (κ2) is 6.59. The van der Waals surface area contributed by atoms with E-state index >= 15 is 0 Å². The second-order valence-corrected chi connectivity index (χ2v) is 7.41. The van der Waals surface area contributed by atoms with Gasteiger partial charge in [0.1, 0.15) is 5.75 Å². The van der Waals surface area contributed by atoms with Crippen LogP contribution in [0, 0.1) is 11.8 Å². The third-order valence-corrected chi connectivity index (χ3v) is 5.10. The van der Waals surface area contributed by atoms with Gasteiger partial charge in [0.25, 0.3) is 0 Å². The van der Waals surface area contributed by atoms with Gasteiger partial charge < -0.3 is 4.74 Å². The van der Waals surface area contributed by atoms with E-state index in [9.17, 15) is 0 Å². The number of benzene rings is 5. The zero-order valence-electron chi connectivity index (χ0n) is 16.0. The van der Waals surface area contributed by atoms with Crippen molar-refractivity contribution >= 4 is 32.3 Å². The van der Waals surface area contributed by atoms with Gasteiger partial charge in [-0.2, -0.15) is 0 Å². The van der Waals surface area contributed by atoms with Crippen molar-refractivity contribution in [2.75, 3.05) is 0 Å². The lowest BCUT2D eigenvalue weighted by molar-refractivity contribution is 0.242. The molecule has 0 aromatic heterocycles. The molecular formula is C27H20O. The molecule has 1 nitrogen and oxygen atoms in total. The summed E-state index contributed by atoms with van der Waals surface area (Å²) < 4.78 is 5.71. The number of hydrogen-bond acceptors (Lipinski definition) is 1. The fraction of sp³-hybridized carbons (Fsp3) is 0.111. The van der Waals surface area contributed by atoms with Crippen LogP contribution in [0.2, 0.25) is 0 Å². The molecule has 0 radical (unpaired) electrons. The van der Waals surface area contributed by atoms with Crippen molar-refractivity contribution in [2.45, 2.75) is 20.0 Å². The van der Waals surface area contributed by atoms with Crippen molar-refractivity contribution in [3.8, 4) is 17.6 Å². The minimum atomic E-state index is 0.175. The smallest absolute Gasteiger partial charge is 0.119 e. The van der Waals surface area contributed by atoms with Crippen molar-refractivity contribution in [1.29, 1.82) is 0 Å². The molecule has 5 rings (SSSR count). The Hall–Kier alpha value is -3.50. The van der Waals surface area contributed by atoms with E-state index in [4.69, 9.17) is 4.74 Å². The van der Waals surface area contributed by atoms with Crippen LogP contribution >= 0.6 is 0 Å². The maximum absolute atomic E-state index is 5.71. The molecule has 0 aliphatic carbocycles. The third-order valence-electron chi connectivity index (χ3n) is 5.10. The highest BCUT2D eigenvalue weighted by atomic mass is 16.5. The van der Waals surface area contributed by atoms with Crippen molar-refractivity contribution in [3.05, 3.63) is 90.0 Å². The molecule has 134 valence electrons. The Kier molecular flexibility index (Phi) is 3.92. The summed E-state index contributed by atoms with van der Waals surface area (Å²) in [5.41, 5.74) is 2.05. The van der Waals surface area contributed by atoms with Crippen LogP contribution in [0.25, 0.3) is 32.3 Å². The van der Waals surface area contributed by atoms with E-state index in [1.165, 1.54) is 32.3 Å². The van der Waals surface area contributed by atoms with E-state index in [0.29, 0.717) is 0 Å². The van der Waals surface area contributed by atoms with E-state index in [2.05, 4.69) is 66.4 Å². The molecule has 1 heteroatoms. The molecule has 0 aliphatic heterocycles. The Morgan fingerprint density at radius 3 is 2.00 bits per heavy atom. The van der Waals surface area contributed by atoms with Gasteiger partial charge >= 0.3 is 0 Å². The molecule has 0 heterocycles. The quantitative estimate of drug-likeness (QED) is 0.249. The second-order valence-electron chi connectivity index (χ2n) is 7.41. The molecule has 0 spiro atoms. The van der Waals surface area contributed by atoms with Crippen LogP contribution in [0.4, 0.5) is 0 Å². The van der Waals surface area contributed by atoms with Gasteiger partial charge in [-0.15, -0.1) is 0 Å². The van der Waals surface area contributed by atoms with Crippen LogP contribution in [0.3, 0.4) is 0 Å². The third kappa shape index (κ3) is 2.84. The summed E-state index contributed by atoms with van der Waals surface area (Å²) in [6.45, 7) is 4.06. The first-order valence-electron chi connectivity index (χ1n) is 9.64. The normalized spacial score (nSPS) is 11.2. The number of hydrogen-bond donors (Lipinski definition) is 0. The highest BCUT2D eigenvalue weighted by Crippen LogP contribution is 2.35. The molecule has 0 unspecified atom stereocenters. The molecule has 0 saturated heterocycles. The predicted octanol–water partition coefficient (Wildman–Crippen LogP) is 6.77. The van der Waals surface area contributed by atoms with Crippen molar-refractivity contribution in [3.63, 3.8) is 0 Å². The highest BCUT2D eigenvalue weighted by Gasteiger charge is 2.09. The molecule has 5 aromatic rings. The lowest BCUT2D eigenvalue weighted by Gasteiger charge is -2.11. The van der Waals surface area contributed by atoms with Gasteiger partial charge in [0.15, 0.2) is 0 Å². The molecule has 28 heavy (non-hydrogen) atoms. The average molecular weight is 360 g/mol. The molecule has 0 bridgehead atoms. The Morgan fingerprint density at radius 2 is 1.29 bits per heavy atom. The first-order valence-corrected chi connectivity index (χ1v) is 9.64. The summed E-state index contributed by atoms with van der Waals surface area (Å²) in [5.74, 6) is 7.57. The maximum atomic E-state index is 5.71. The summed E-state index contributed by atoms with van der Waals surface area (Å²) in [7, 11) is 0. The summed E-state index contributed by atoms with van der Waals surface area (Å²) in [6.07, 6.45) is 0.175. The lowest BCUT2D eigenvalue weighted by atomic mass is 9.92. The summed E-state index contributed by atoms with van der Waals surface area (Å²) in [5, 5.41) is 7.68. The molecule has 0 aliphatic rings. The Morgan fingerprint density at radius 1 is 0.643 bits per heavy atom. The molecule has 0 fully saturated rings. The highest BCUT2D eigenvalue weighted by molar-refractivity contribution is 6.23. The Balaban J connectivity index is 1.61. The maximum Gasteiger partial charge on any atom is 0.119 e. The number of rotatable bonds is 2. The van der Waals surface area contributed by atoms with Crippen LogP contribution in [-0.2, 0) is 0 Å². The van der Waals surface area contributed by atoms with Crippen LogP contribution in [0.5, 0.6) is 5.75 Å². The van der Waals surface area contributed by atoms with Gasteiger partial charge in [-0.05, 0) is 76.5 Å². The zero-order valence-corrected chi connectivity index (χ0v) is 16.0. The van der Waals surface area contributed by atoms with Gasteiger partial charge in [0.05, 0.1) is 6.10 Å². The summed E-state index contributed by atoms with van der Waals surface area (Å²) in [6, 6.07) is 27.6. The SMILES string of the molecule is CC(C)Oc1ccc(C#Cc2ccc3ccc4cccc5ccc2c3c45)cc1. The van der Waals surface area contributed by atoms with Crippen LogP contribution in [0.1, 0.15) is 25.0 Å². The van der Waals surface area contributed by atoms with Gasteiger partial charge in [-0.1, -0.05) is 60.4 Å². The van der Waals surface area contributed by atoms with E-state index in [1.807, 2.05) is 38.1 Å². The minimum absolute atomic E-state index is 0.175. The monoisotopic (exact) mass is 360 g/mol. The molecule has 0 amide bonds. The summed E-state index contributed by atoms with van der Waals surface area (Å²) in [4.78, 5) is 0. The largest absolute Gasteiger partial charge is 0.491 e. The van der Waals surface area contributed by atoms with Crippen LogP contribution in [0.15, 0.2) is 78.9 Å². The first-order chi connectivity index (χ1) is 13.7. The van der Waals surface area contributed by atoms with Crippen LogP contribution in [-0.4, -0.2) is 6.10 Å². The molecule has 0 atom stereocenters. The molecule has 0 saturated carbocycles. The summed E-state index contributed by atoms with van der Waals surface area (Å²) >= 11 is 0. The fourth-order valence-corrected chi connectivity index (χ4v) is 3.87. The van der Waals surface area contributed by atoms with Gasteiger partial charge in [0.2, 0.25) is 0 Å². The molecule has 5 aromatic carbocycles. The minimum Gasteiger partial charge on any atom is -0.491 e.